The average molecular weight is 277 g/mol. The van der Waals surface area contributed by atoms with Gasteiger partial charge >= 0.3 is 5.97 Å². The second-order valence-corrected chi connectivity index (χ2v) is 5.71. The van der Waals surface area contributed by atoms with Crippen LogP contribution in [-0.4, -0.2) is 25.0 Å². The molecule has 1 rings (SSSR count). The molecule has 0 aliphatic carbocycles. The molecular weight excluding hydrogens is 254 g/mol. The molecular formula is C16H23NO3. The molecule has 0 radical (unpaired) electrons. The van der Waals surface area contributed by atoms with Crippen LogP contribution in [0.1, 0.15) is 32.8 Å². The quantitative estimate of drug-likeness (QED) is 0.812. The normalized spacial score (nSPS) is 10.9. The van der Waals surface area contributed by atoms with Gasteiger partial charge in [-0.25, -0.2) is 0 Å². The number of hydrogen-bond acceptors (Lipinski definition) is 3. The molecule has 4 heteroatoms. The Hall–Kier alpha value is -1.84. The van der Waals surface area contributed by atoms with Gasteiger partial charge in [-0.2, -0.15) is 0 Å². The van der Waals surface area contributed by atoms with Crippen LogP contribution in [0.4, 0.5) is 0 Å². The minimum absolute atomic E-state index is 0.0606. The summed E-state index contributed by atoms with van der Waals surface area (Å²) in [4.78, 5) is 23.1. The summed E-state index contributed by atoms with van der Waals surface area (Å²) in [5, 5.41) is 2.72. The van der Waals surface area contributed by atoms with Crippen LogP contribution < -0.4 is 5.32 Å². The summed E-state index contributed by atoms with van der Waals surface area (Å²) in [6.45, 7) is 6.19. The fourth-order valence-corrected chi connectivity index (χ4v) is 1.54. The first-order valence-electron chi connectivity index (χ1n) is 6.87. The van der Waals surface area contributed by atoms with Crippen molar-refractivity contribution in [1.82, 2.24) is 5.32 Å². The van der Waals surface area contributed by atoms with Crippen LogP contribution in [0.5, 0.6) is 0 Å². The van der Waals surface area contributed by atoms with E-state index >= 15 is 0 Å². The van der Waals surface area contributed by atoms with Crippen molar-refractivity contribution in [2.75, 3.05) is 13.2 Å². The minimum Gasteiger partial charge on any atom is -0.465 e. The summed E-state index contributed by atoms with van der Waals surface area (Å²) in [6, 6.07) is 9.86. The van der Waals surface area contributed by atoms with E-state index in [-0.39, 0.29) is 18.3 Å². The Kier molecular flexibility index (Phi) is 6.22. The standard InChI is InChI=1S/C16H23NO3/c1-16(2,3)15(19)17-11-9-14(18)20-12-10-13-7-5-4-6-8-13/h4-8H,9-12H2,1-3H3,(H,17,19). The second-order valence-electron chi connectivity index (χ2n) is 5.71. The van der Waals surface area contributed by atoms with Crippen molar-refractivity contribution < 1.29 is 14.3 Å². The van der Waals surface area contributed by atoms with Crippen LogP contribution in [0.2, 0.25) is 0 Å². The van der Waals surface area contributed by atoms with Gasteiger partial charge in [-0.1, -0.05) is 51.1 Å². The third-order valence-corrected chi connectivity index (χ3v) is 2.79. The van der Waals surface area contributed by atoms with E-state index in [0.717, 1.165) is 5.56 Å². The number of hydrogen-bond donors (Lipinski definition) is 1. The lowest BCUT2D eigenvalue weighted by atomic mass is 9.96. The van der Waals surface area contributed by atoms with E-state index in [1.165, 1.54) is 0 Å². The molecule has 1 N–H and O–H groups in total. The van der Waals surface area contributed by atoms with Gasteiger partial charge in [0.1, 0.15) is 0 Å². The van der Waals surface area contributed by atoms with E-state index in [0.29, 0.717) is 19.6 Å². The molecule has 0 unspecified atom stereocenters. The SMILES string of the molecule is CC(C)(C)C(=O)NCCC(=O)OCCc1ccccc1. The monoisotopic (exact) mass is 277 g/mol. The number of ether oxygens (including phenoxy) is 1. The van der Waals surface area contributed by atoms with Gasteiger partial charge in [-0.3, -0.25) is 9.59 Å². The van der Waals surface area contributed by atoms with Crippen molar-refractivity contribution in [3.05, 3.63) is 35.9 Å². The summed E-state index contributed by atoms with van der Waals surface area (Å²) in [7, 11) is 0. The van der Waals surface area contributed by atoms with E-state index in [2.05, 4.69) is 5.32 Å². The largest absolute Gasteiger partial charge is 0.465 e. The first kappa shape index (κ1) is 16.2. The predicted molar refractivity (Wildman–Crippen MR) is 78.2 cm³/mol. The topological polar surface area (TPSA) is 55.4 Å². The Morgan fingerprint density at radius 2 is 1.80 bits per heavy atom. The van der Waals surface area contributed by atoms with Crippen LogP contribution in [-0.2, 0) is 20.7 Å². The zero-order chi connectivity index (χ0) is 15.0. The molecule has 0 aliphatic rings. The van der Waals surface area contributed by atoms with Gasteiger partial charge in [0.05, 0.1) is 13.0 Å². The summed E-state index contributed by atoms with van der Waals surface area (Å²) in [5.74, 6) is -0.343. The Bertz CT molecular complexity index is 435. The lowest BCUT2D eigenvalue weighted by Gasteiger charge is -2.17. The Labute approximate surface area is 120 Å². The number of carbonyl (C=O) groups is 2. The van der Waals surface area contributed by atoms with Gasteiger partial charge in [0.25, 0.3) is 0 Å². The van der Waals surface area contributed by atoms with Gasteiger partial charge in [0.15, 0.2) is 0 Å². The molecule has 0 saturated carbocycles. The fraction of sp³-hybridized carbons (Fsp3) is 0.500. The third kappa shape index (κ3) is 6.36. The minimum atomic E-state index is -0.433. The van der Waals surface area contributed by atoms with Gasteiger partial charge in [0, 0.05) is 18.4 Å². The van der Waals surface area contributed by atoms with Crippen LogP contribution in [0.3, 0.4) is 0 Å². The van der Waals surface area contributed by atoms with Crippen LogP contribution in [0.15, 0.2) is 30.3 Å². The van der Waals surface area contributed by atoms with E-state index in [1.54, 1.807) is 0 Å². The third-order valence-electron chi connectivity index (χ3n) is 2.79. The fourth-order valence-electron chi connectivity index (χ4n) is 1.54. The van der Waals surface area contributed by atoms with Crippen molar-refractivity contribution in [3.8, 4) is 0 Å². The number of rotatable bonds is 6. The molecule has 20 heavy (non-hydrogen) atoms. The van der Waals surface area contributed by atoms with E-state index in [4.69, 9.17) is 4.74 Å². The zero-order valence-corrected chi connectivity index (χ0v) is 12.4. The van der Waals surface area contributed by atoms with Crippen molar-refractivity contribution in [2.24, 2.45) is 5.41 Å². The molecule has 110 valence electrons. The highest BCUT2D eigenvalue weighted by molar-refractivity contribution is 5.81. The maximum absolute atomic E-state index is 11.6. The maximum Gasteiger partial charge on any atom is 0.307 e. The van der Waals surface area contributed by atoms with Crippen molar-refractivity contribution in [2.45, 2.75) is 33.6 Å². The molecule has 0 saturated heterocycles. The molecule has 0 atom stereocenters. The van der Waals surface area contributed by atoms with Crippen molar-refractivity contribution >= 4 is 11.9 Å². The molecule has 0 fully saturated rings. The highest BCUT2D eigenvalue weighted by Crippen LogP contribution is 2.12. The molecule has 0 aliphatic heterocycles. The molecule has 1 aromatic carbocycles. The molecule has 0 aromatic heterocycles. The maximum atomic E-state index is 11.6. The summed E-state index contributed by atoms with van der Waals surface area (Å²) >= 11 is 0. The van der Waals surface area contributed by atoms with E-state index in [9.17, 15) is 9.59 Å². The zero-order valence-electron chi connectivity index (χ0n) is 12.4. The van der Waals surface area contributed by atoms with E-state index < -0.39 is 5.41 Å². The number of carbonyl (C=O) groups excluding carboxylic acids is 2. The van der Waals surface area contributed by atoms with Crippen LogP contribution in [0, 0.1) is 5.41 Å². The van der Waals surface area contributed by atoms with Crippen molar-refractivity contribution in [1.29, 1.82) is 0 Å². The molecule has 0 spiro atoms. The Morgan fingerprint density at radius 1 is 1.15 bits per heavy atom. The molecule has 0 bridgehead atoms. The number of esters is 1. The van der Waals surface area contributed by atoms with Gasteiger partial charge in [0.2, 0.25) is 5.91 Å². The Balaban J connectivity index is 2.14. The number of amides is 1. The molecule has 1 amide bonds. The van der Waals surface area contributed by atoms with Crippen LogP contribution >= 0.6 is 0 Å². The Morgan fingerprint density at radius 3 is 2.40 bits per heavy atom. The van der Waals surface area contributed by atoms with Gasteiger partial charge < -0.3 is 10.1 Å². The molecule has 4 nitrogen and oxygen atoms in total. The second kappa shape index (κ2) is 7.68. The lowest BCUT2D eigenvalue weighted by Crippen LogP contribution is -2.36. The smallest absolute Gasteiger partial charge is 0.307 e. The summed E-state index contributed by atoms with van der Waals surface area (Å²) < 4.78 is 5.12. The predicted octanol–water partition coefficient (Wildman–Crippen LogP) is 2.32. The average Bonchev–Trinajstić information content (AvgIpc) is 2.38. The highest BCUT2D eigenvalue weighted by Gasteiger charge is 2.20. The number of nitrogens with one attached hydrogen (secondary N) is 1. The van der Waals surface area contributed by atoms with E-state index in [1.807, 2.05) is 51.1 Å². The van der Waals surface area contributed by atoms with Gasteiger partial charge in [-0.15, -0.1) is 0 Å². The first-order valence-corrected chi connectivity index (χ1v) is 6.87. The molecule has 1 aromatic rings. The number of benzene rings is 1. The first-order chi connectivity index (χ1) is 9.39. The van der Waals surface area contributed by atoms with Gasteiger partial charge in [-0.05, 0) is 5.56 Å². The van der Waals surface area contributed by atoms with Crippen LogP contribution in [0.25, 0.3) is 0 Å². The lowest BCUT2D eigenvalue weighted by molar-refractivity contribution is -0.143. The summed E-state index contributed by atoms with van der Waals surface area (Å²) in [6.07, 6.45) is 0.914. The van der Waals surface area contributed by atoms with Crippen molar-refractivity contribution in [3.63, 3.8) is 0 Å². The summed E-state index contributed by atoms with van der Waals surface area (Å²) in [5.41, 5.74) is 0.707. The molecule has 0 heterocycles. The highest BCUT2D eigenvalue weighted by atomic mass is 16.5.